The molecular formula is C17H32N2S. The van der Waals surface area contributed by atoms with Crippen molar-refractivity contribution in [2.45, 2.75) is 84.1 Å². The summed E-state index contributed by atoms with van der Waals surface area (Å²) in [6.45, 7) is 4.36. The number of hydrogen-bond donors (Lipinski definition) is 1. The van der Waals surface area contributed by atoms with E-state index in [0.29, 0.717) is 6.04 Å². The summed E-state index contributed by atoms with van der Waals surface area (Å²) in [6, 6.07) is 0.598. The summed E-state index contributed by atoms with van der Waals surface area (Å²) in [4.78, 5) is 4.56. The van der Waals surface area contributed by atoms with E-state index < -0.39 is 0 Å². The van der Waals surface area contributed by atoms with Crippen LogP contribution < -0.4 is 5.32 Å². The molecule has 0 saturated carbocycles. The van der Waals surface area contributed by atoms with Gasteiger partial charge in [-0.1, -0.05) is 58.3 Å². The van der Waals surface area contributed by atoms with Crippen LogP contribution >= 0.6 is 11.3 Å². The Bertz CT molecular complexity index is 335. The van der Waals surface area contributed by atoms with Gasteiger partial charge in [0.1, 0.15) is 0 Å². The van der Waals surface area contributed by atoms with Crippen molar-refractivity contribution in [1.29, 1.82) is 0 Å². The molecule has 1 rings (SSSR count). The number of hydrogen-bond acceptors (Lipinski definition) is 3. The van der Waals surface area contributed by atoms with Gasteiger partial charge in [-0.15, -0.1) is 11.3 Å². The Morgan fingerprint density at radius 1 is 1.10 bits per heavy atom. The molecule has 0 aliphatic carbocycles. The van der Waals surface area contributed by atoms with Gasteiger partial charge in [0.2, 0.25) is 0 Å². The molecule has 0 radical (unpaired) electrons. The van der Waals surface area contributed by atoms with E-state index in [1.165, 1.54) is 62.8 Å². The molecule has 20 heavy (non-hydrogen) atoms. The molecule has 0 amide bonds. The first-order chi connectivity index (χ1) is 9.76. The van der Waals surface area contributed by atoms with Gasteiger partial charge in [0.15, 0.2) is 0 Å². The van der Waals surface area contributed by atoms with Crippen molar-refractivity contribution < 1.29 is 0 Å². The predicted molar refractivity (Wildman–Crippen MR) is 90.6 cm³/mol. The lowest BCUT2D eigenvalue weighted by Crippen LogP contribution is -2.27. The molecule has 3 heteroatoms. The van der Waals surface area contributed by atoms with E-state index in [-0.39, 0.29) is 0 Å². The number of thiazole rings is 1. The number of nitrogens with zero attached hydrogens (tertiary/aromatic N) is 1. The maximum atomic E-state index is 4.56. The highest BCUT2D eigenvalue weighted by Crippen LogP contribution is 2.15. The Labute approximate surface area is 129 Å². The number of aromatic nitrogens is 1. The topological polar surface area (TPSA) is 24.9 Å². The Kier molecular flexibility index (Phi) is 9.94. The monoisotopic (exact) mass is 296 g/mol. The highest BCUT2D eigenvalue weighted by molar-refractivity contribution is 7.09. The highest BCUT2D eigenvalue weighted by atomic mass is 32.1. The molecule has 0 aliphatic heterocycles. The van der Waals surface area contributed by atoms with E-state index in [1.807, 2.05) is 0 Å². The van der Waals surface area contributed by atoms with Crippen molar-refractivity contribution in [3.63, 3.8) is 0 Å². The molecule has 0 fully saturated rings. The number of rotatable bonds is 12. The third-order valence-electron chi connectivity index (χ3n) is 3.90. The lowest BCUT2D eigenvalue weighted by Gasteiger charge is -2.14. The molecule has 0 aromatic carbocycles. The van der Waals surface area contributed by atoms with Crippen molar-refractivity contribution in [3.8, 4) is 0 Å². The molecule has 0 bridgehead atoms. The van der Waals surface area contributed by atoms with Gasteiger partial charge in [-0.2, -0.15) is 0 Å². The number of nitrogens with one attached hydrogen (secondary N) is 1. The molecule has 1 aromatic heterocycles. The predicted octanol–water partition coefficient (Wildman–Crippen LogP) is 5.11. The smallest absolute Gasteiger partial charge is 0.0943 e. The molecule has 1 heterocycles. The molecule has 1 N–H and O–H groups in total. The minimum Gasteiger partial charge on any atom is -0.317 e. The van der Waals surface area contributed by atoms with Crippen LogP contribution in [0.3, 0.4) is 0 Å². The minimum atomic E-state index is 0.598. The fraction of sp³-hybridized carbons (Fsp3) is 0.824. The summed E-state index contributed by atoms with van der Waals surface area (Å²) in [5, 5.41) is 6.88. The first-order valence-electron chi connectivity index (χ1n) is 8.34. The number of unbranched alkanes of at least 4 members (excludes halogenated alkanes) is 7. The van der Waals surface area contributed by atoms with Crippen LogP contribution in [0.5, 0.6) is 0 Å². The maximum absolute atomic E-state index is 4.56. The van der Waals surface area contributed by atoms with Crippen LogP contribution in [0.2, 0.25) is 0 Å². The molecule has 1 unspecified atom stereocenters. The van der Waals surface area contributed by atoms with E-state index in [1.54, 1.807) is 11.3 Å². The lowest BCUT2D eigenvalue weighted by molar-refractivity contribution is 0.477. The summed E-state index contributed by atoms with van der Waals surface area (Å²) in [5.74, 6) is 0. The largest absolute Gasteiger partial charge is 0.317 e. The van der Waals surface area contributed by atoms with Gasteiger partial charge in [-0.3, -0.25) is 0 Å². The molecule has 116 valence electrons. The molecule has 1 aromatic rings. The Morgan fingerprint density at radius 2 is 1.75 bits per heavy atom. The molecule has 0 aliphatic rings. The fourth-order valence-corrected chi connectivity index (χ4v) is 3.43. The zero-order chi connectivity index (χ0) is 14.6. The Morgan fingerprint density at radius 3 is 2.30 bits per heavy atom. The van der Waals surface area contributed by atoms with Crippen molar-refractivity contribution in [3.05, 3.63) is 16.1 Å². The van der Waals surface area contributed by atoms with Crippen LogP contribution in [-0.2, 0) is 6.42 Å². The quantitative estimate of drug-likeness (QED) is 0.542. The van der Waals surface area contributed by atoms with E-state index in [9.17, 15) is 0 Å². The first-order valence-corrected chi connectivity index (χ1v) is 9.22. The fourth-order valence-electron chi connectivity index (χ4n) is 2.58. The third kappa shape index (κ3) is 8.01. The van der Waals surface area contributed by atoms with Gasteiger partial charge in [-0.05, 0) is 20.4 Å². The van der Waals surface area contributed by atoms with Gasteiger partial charge in [0.25, 0.3) is 0 Å². The van der Waals surface area contributed by atoms with E-state index in [4.69, 9.17) is 0 Å². The van der Waals surface area contributed by atoms with Crippen LogP contribution in [0.1, 0.15) is 75.4 Å². The van der Waals surface area contributed by atoms with Crippen LogP contribution in [0.15, 0.2) is 5.38 Å². The molecule has 0 saturated heterocycles. The van der Waals surface area contributed by atoms with Crippen LogP contribution in [0.4, 0.5) is 0 Å². The molecule has 2 nitrogen and oxygen atoms in total. The van der Waals surface area contributed by atoms with Crippen molar-refractivity contribution in [2.24, 2.45) is 0 Å². The summed E-state index contributed by atoms with van der Waals surface area (Å²) in [7, 11) is 2.08. The van der Waals surface area contributed by atoms with Gasteiger partial charge in [0.05, 0.1) is 5.01 Å². The molecular weight excluding hydrogens is 264 g/mol. The second-order valence-corrected chi connectivity index (χ2v) is 6.78. The summed E-state index contributed by atoms with van der Waals surface area (Å²) >= 11 is 1.80. The van der Waals surface area contributed by atoms with Crippen molar-refractivity contribution >= 4 is 11.3 Å². The molecule has 0 spiro atoms. The molecule has 1 atom stereocenters. The van der Waals surface area contributed by atoms with Crippen LogP contribution in [0.25, 0.3) is 0 Å². The first kappa shape index (κ1) is 17.6. The van der Waals surface area contributed by atoms with Crippen molar-refractivity contribution in [1.82, 2.24) is 10.3 Å². The normalized spacial score (nSPS) is 12.8. The number of likely N-dealkylation sites (N-methyl/N-ethyl adjacent to an activating group) is 1. The number of aryl methyl sites for hydroxylation is 1. The second kappa shape index (κ2) is 11.3. The average molecular weight is 297 g/mol. The summed E-state index contributed by atoms with van der Waals surface area (Å²) in [6.07, 6.45) is 13.6. The highest BCUT2D eigenvalue weighted by Gasteiger charge is 2.09. The van der Waals surface area contributed by atoms with Gasteiger partial charge in [0, 0.05) is 23.5 Å². The zero-order valence-corrected chi connectivity index (χ0v) is 14.4. The van der Waals surface area contributed by atoms with E-state index in [2.05, 4.69) is 36.6 Å². The lowest BCUT2D eigenvalue weighted by atomic mass is 10.0. The SMILES string of the molecule is CCCCCCCCCCC(Cc1nc(C)cs1)NC. The Hall–Kier alpha value is -0.410. The Balaban J connectivity index is 2.03. The summed E-state index contributed by atoms with van der Waals surface area (Å²) in [5.41, 5.74) is 1.16. The van der Waals surface area contributed by atoms with E-state index >= 15 is 0 Å². The minimum absolute atomic E-state index is 0.598. The van der Waals surface area contributed by atoms with Gasteiger partial charge >= 0.3 is 0 Å². The maximum Gasteiger partial charge on any atom is 0.0943 e. The van der Waals surface area contributed by atoms with Gasteiger partial charge in [-0.25, -0.2) is 4.98 Å². The average Bonchev–Trinajstić information content (AvgIpc) is 2.85. The second-order valence-electron chi connectivity index (χ2n) is 5.84. The van der Waals surface area contributed by atoms with Crippen LogP contribution in [0, 0.1) is 6.92 Å². The standard InChI is InChI=1S/C17H32N2S/c1-4-5-6-7-8-9-10-11-12-16(18-3)13-17-19-15(2)14-20-17/h14,16,18H,4-13H2,1-3H3. The van der Waals surface area contributed by atoms with Crippen LogP contribution in [-0.4, -0.2) is 18.1 Å². The summed E-state index contributed by atoms with van der Waals surface area (Å²) < 4.78 is 0. The van der Waals surface area contributed by atoms with E-state index in [0.717, 1.165) is 12.1 Å². The van der Waals surface area contributed by atoms with Crippen molar-refractivity contribution in [2.75, 3.05) is 7.05 Å². The van der Waals surface area contributed by atoms with Gasteiger partial charge < -0.3 is 5.32 Å². The zero-order valence-electron chi connectivity index (χ0n) is 13.6. The third-order valence-corrected chi connectivity index (χ3v) is 4.89.